The average molecular weight is 296 g/mol. The Hall–Kier alpha value is -1.06. The van der Waals surface area contributed by atoms with E-state index in [1.54, 1.807) is 24.3 Å². The number of rotatable bonds is 6. The van der Waals surface area contributed by atoms with Crippen LogP contribution in [0.4, 0.5) is 0 Å². The number of aliphatic hydroxyl groups is 1. The van der Waals surface area contributed by atoms with Gasteiger partial charge in [-0.2, -0.15) is 0 Å². The van der Waals surface area contributed by atoms with E-state index >= 15 is 0 Å². The molecule has 0 aromatic heterocycles. The highest BCUT2D eigenvalue weighted by molar-refractivity contribution is 6.30. The van der Waals surface area contributed by atoms with E-state index in [0.29, 0.717) is 16.4 Å². The zero-order valence-electron chi connectivity index (χ0n) is 12.0. The molecular weight excluding hydrogens is 274 g/mol. The van der Waals surface area contributed by atoms with Crippen LogP contribution in [0.1, 0.15) is 44.8 Å². The molecule has 1 aromatic rings. The van der Waals surface area contributed by atoms with Crippen molar-refractivity contribution in [2.24, 2.45) is 11.3 Å². The van der Waals surface area contributed by atoms with Crippen molar-refractivity contribution < 1.29 is 9.90 Å². The number of amides is 1. The number of carbonyl (C=O) groups is 1. The van der Waals surface area contributed by atoms with Crippen LogP contribution in [0.2, 0.25) is 5.02 Å². The summed E-state index contributed by atoms with van der Waals surface area (Å²) in [5.41, 5.74) is 1.01. The quantitative estimate of drug-likeness (QED) is 0.846. The molecule has 110 valence electrons. The number of halogens is 1. The summed E-state index contributed by atoms with van der Waals surface area (Å²) in [5.74, 6) is 0.489. The first kappa shape index (κ1) is 15.3. The van der Waals surface area contributed by atoms with Gasteiger partial charge in [0.1, 0.15) is 0 Å². The second-order valence-corrected chi connectivity index (χ2v) is 6.50. The lowest BCUT2D eigenvalue weighted by molar-refractivity contribution is -0.123. The van der Waals surface area contributed by atoms with Crippen LogP contribution >= 0.6 is 11.6 Å². The van der Waals surface area contributed by atoms with Gasteiger partial charge in [-0.3, -0.25) is 4.79 Å². The molecular formula is C16H22ClNO2. The molecule has 3 nitrogen and oxygen atoms in total. The van der Waals surface area contributed by atoms with E-state index in [1.165, 1.54) is 12.8 Å². The zero-order chi connectivity index (χ0) is 14.8. The maximum Gasteiger partial charge on any atom is 0.222 e. The standard InChI is InChI=1S/C16H22ClNO2/c1-11(2)16(7-8-16)10-18-15(20)9-14(19)12-3-5-13(17)6-4-12/h3-6,11,14,19H,7-10H2,1-2H3,(H,18,20). The smallest absolute Gasteiger partial charge is 0.222 e. The maximum absolute atomic E-state index is 11.9. The van der Waals surface area contributed by atoms with E-state index in [0.717, 1.165) is 12.1 Å². The van der Waals surface area contributed by atoms with Gasteiger partial charge in [-0.1, -0.05) is 37.6 Å². The van der Waals surface area contributed by atoms with Crippen molar-refractivity contribution in [1.29, 1.82) is 0 Å². The maximum atomic E-state index is 11.9. The second kappa shape index (κ2) is 6.15. The average Bonchev–Trinajstić information content (AvgIpc) is 3.18. The van der Waals surface area contributed by atoms with Gasteiger partial charge in [0, 0.05) is 11.6 Å². The molecule has 20 heavy (non-hydrogen) atoms. The fourth-order valence-corrected chi connectivity index (χ4v) is 2.57. The van der Waals surface area contributed by atoms with Gasteiger partial charge in [0.2, 0.25) is 5.91 Å². The molecule has 1 saturated carbocycles. The van der Waals surface area contributed by atoms with Crippen LogP contribution in [0.25, 0.3) is 0 Å². The third-order valence-corrected chi connectivity index (χ3v) is 4.64. The molecule has 1 atom stereocenters. The van der Waals surface area contributed by atoms with Gasteiger partial charge in [0.25, 0.3) is 0 Å². The van der Waals surface area contributed by atoms with Crippen molar-refractivity contribution in [2.45, 2.75) is 39.2 Å². The summed E-state index contributed by atoms with van der Waals surface area (Å²) >= 11 is 5.80. The molecule has 1 unspecified atom stereocenters. The molecule has 0 heterocycles. The van der Waals surface area contributed by atoms with Gasteiger partial charge in [-0.05, 0) is 41.9 Å². The molecule has 1 amide bonds. The molecule has 1 aliphatic carbocycles. The van der Waals surface area contributed by atoms with Crippen LogP contribution in [0.15, 0.2) is 24.3 Å². The van der Waals surface area contributed by atoms with Crippen molar-refractivity contribution in [3.05, 3.63) is 34.9 Å². The molecule has 1 fully saturated rings. The van der Waals surface area contributed by atoms with Crippen molar-refractivity contribution in [1.82, 2.24) is 5.32 Å². The van der Waals surface area contributed by atoms with Crippen LogP contribution in [0, 0.1) is 11.3 Å². The van der Waals surface area contributed by atoms with Crippen molar-refractivity contribution in [3.8, 4) is 0 Å². The summed E-state index contributed by atoms with van der Waals surface area (Å²) in [6.45, 7) is 5.11. The summed E-state index contributed by atoms with van der Waals surface area (Å²) in [6.07, 6.45) is 1.69. The number of benzene rings is 1. The molecule has 1 aliphatic rings. The SMILES string of the molecule is CC(C)C1(CNC(=O)CC(O)c2ccc(Cl)cc2)CC1. The van der Waals surface area contributed by atoms with E-state index in [1.807, 2.05) is 0 Å². The Kier molecular flexibility index (Phi) is 4.71. The second-order valence-electron chi connectivity index (χ2n) is 6.07. The van der Waals surface area contributed by atoms with Gasteiger partial charge in [0.05, 0.1) is 12.5 Å². The largest absolute Gasteiger partial charge is 0.388 e. The summed E-state index contributed by atoms with van der Waals surface area (Å²) in [7, 11) is 0. The van der Waals surface area contributed by atoms with E-state index < -0.39 is 6.10 Å². The van der Waals surface area contributed by atoms with E-state index in [9.17, 15) is 9.90 Å². The Morgan fingerprint density at radius 2 is 1.95 bits per heavy atom. The van der Waals surface area contributed by atoms with Crippen LogP contribution in [-0.2, 0) is 4.79 Å². The van der Waals surface area contributed by atoms with Crippen molar-refractivity contribution >= 4 is 17.5 Å². The molecule has 0 aliphatic heterocycles. The Bertz CT molecular complexity index is 466. The van der Waals surface area contributed by atoms with Gasteiger partial charge in [0.15, 0.2) is 0 Å². The van der Waals surface area contributed by atoms with Crippen LogP contribution < -0.4 is 5.32 Å². The number of carbonyl (C=O) groups excluding carboxylic acids is 1. The van der Waals surface area contributed by atoms with Gasteiger partial charge in [-0.25, -0.2) is 0 Å². The van der Waals surface area contributed by atoms with Gasteiger partial charge >= 0.3 is 0 Å². The summed E-state index contributed by atoms with van der Waals surface area (Å²) < 4.78 is 0. The van der Waals surface area contributed by atoms with Crippen molar-refractivity contribution in [3.63, 3.8) is 0 Å². The number of hydrogen-bond acceptors (Lipinski definition) is 2. The van der Waals surface area contributed by atoms with Crippen LogP contribution in [-0.4, -0.2) is 17.6 Å². The van der Waals surface area contributed by atoms with Gasteiger partial charge < -0.3 is 10.4 Å². The number of aliphatic hydroxyl groups excluding tert-OH is 1. The Labute approximate surface area is 125 Å². The molecule has 0 saturated heterocycles. The van der Waals surface area contributed by atoms with Crippen LogP contribution in [0.3, 0.4) is 0 Å². The van der Waals surface area contributed by atoms with Crippen molar-refractivity contribution in [2.75, 3.05) is 6.54 Å². The van der Waals surface area contributed by atoms with E-state index in [2.05, 4.69) is 19.2 Å². The monoisotopic (exact) mass is 295 g/mol. The molecule has 0 spiro atoms. The fraction of sp³-hybridized carbons (Fsp3) is 0.562. The molecule has 2 rings (SSSR count). The topological polar surface area (TPSA) is 49.3 Å². The molecule has 0 radical (unpaired) electrons. The Morgan fingerprint density at radius 3 is 2.45 bits per heavy atom. The summed E-state index contributed by atoms with van der Waals surface area (Å²) in [6, 6.07) is 6.93. The number of nitrogens with one attached hydrogen (secondary N) is 1. The molecule has 1 aromatic carbocycles. The minimum absolute atomic E-state index is 0.0931. The lowest BCUT2D eigenvalue weighted by atomic mass is 9.92. The number of hydrogen-bond donors (Lipinski definition) is 2. The zero-order valence-corrected chi connectivity index (χ0v) is 12.8. The first-order valence-corrected chi connectivity index (χ1v) is 7.51. The first-order valence-electron chi connectivity index (χ1n) is 7.13. The summed E-state index contributed by atoms with van der Waals surface area (Å²) in [5, 5.41) is 13.6. The van der Waals surface area contributed by atoms with E-state index in [-0.39, 0.29) is 12.3 Å². The molecule has 2 N–H and O–H groups in total. The minimum atomic E-state index is -0.776. The highest BCUT2D eigenvalue weighted by atomic mass is 35.5. The Morgan fingerprint density at radius 1 is 1.35 bits per heavy atom. The molecule has 0 bridgehead atoms. The predicted molar refractivity (Wildman–Crippen MR) is 80.5 cm³/mol. The third kappa shape index (κ3) is 3.74. The summed E-state index contributed by atoms with van der Waals surface area (Å²) in [4.78, 5) is 11.9. The highest BCUT2D eigenvalue weighted by Gasteiger charge is 2.45. The Balaban J connectivity index is 1.81. The fourth-order valence-electron chi connectivity index (χ4n) is 2.44. The first-order chi connectivity index (χ1) is 9.43. The lowest BCUT2D eigenvalue weighted by Gasteiger charge is -2.20. The molecule has 4 heteroatoms. The van der Waals surface area contributed by atoms with Gasteiger partial charge in [-0.15, -0.1) is 0 Å². The van der Waals surface area contributed by atoms with Crippen LogP contribution in [0.5, 0.6) is 0 Å². The highest BCUT2D eigenvalue weighted by Crippen LogP contribution is 2.51. The van der Waals surface area contributed by atoms with E-state index in [4.69, 9.17) is 11.6 Å². The normalized spacial score (nSPS) is 17.9. The predicted octanol–water partition coefficient (Wildman–Crippen LogP) is 3.32. The third-order valence-electron chi connectivity index (χ3n) is 4.39. The lowest BCUT2D eigenvalue weighted by Crippen LogP contribution is -2.33. The minimum Gasteiger partial charge on any atom is -0.388 e.